The molecule has 1 saturated heterocycles. The molecule has 2 fully saturated rings. The number of carboxylic acids is 1. The van der Waals surface area contributed by atoms with Gasteiger partial charge >= 0.3 is 5.97 Å². The molecule has 0 spiro atoms. The van der Waals surface area contributed by atoms with Crippen LogP contribution >= 0.6 is 0 Å². The van der Waals surface area contributed by atoms with E-state index in [2.05, 4.69) is 15.2 Å². The van der Waals surface area contributed by atoms with Gasteiger partial charge in [0.1, 0.15) is 0 Å². The van der Waals surface area contributed by atoms with Crippen molar-refractivity contribution in [3.05, 3.63) is 11.9 Å². The van der Waals surface area contributed by atoms with Crippen LogP contribution in [0.3, 0.4) is 0 Å². The van der Waals surface area contributed by atoms with Crippen molar-refractivity contribution in [2.75, 3.05) is 19.7 Å². The van der Waals surface area contributed by atoms with Crippen molar-refractivity contribution in [2.24, 2.45) is 0 Å². The van der Waals surface area contributed by atoms with Gasteiger partial charge in [-0.1, -0.05) is 5.21 Å². The molecule has 0 aromatic carbocycles. The summed E-state index contributed by atoms with van der Waals surface area (Å²) in [4.78, 5) is 13.1. The lowest BCUT2D eigenvalue weighted by atomic mass is 9.85. The topological polar surface area (TPSA) is 80.5 Å². The molecule has 0 bridgehead atoms. The van der Waals surface area contributed by atoms with Gasteiger partial charge in [0.15, 0.2) is 5.69 Å². The molecule has 1 aromatic heterocycles. The number of ether oxygens (including phenoxy) is 1. The van der Waals surface area contributed by atoms with Crippen LogP contribution in [-0.4, -0.2) is 62.8 Å². The minimum atomic E-state index is -1.03. The van der Waals surface area contributed by atoms with Crippen LogP contribution in [0.25, 0.3) is 0 Å². The van der Waals surface area contributed by atoms with E-state index in [1.165, 1.54) is 6.20 Å². The van der Waals surface area contributed by atoms with Gasteiger partial charge in [-0.15, -0.1) is 5.10 Å². The normalized spacial score (nSPS) is 27.8. The Morgan fingerprint density at radius 3 is 2.79 bits per heavy atom. The number of aromatic carboxylic acids is 1. The van der Waals surface area contributed by atoms with Gasteiger partial charge in [0, 0.05) is 25.7 Å². The van der Waals surface area contributed by atoms with Crippen molar-refractivity contribution < 1.29 is 14.6 Å². The Kier molecular flexibility index (Phi) is 3.24. The summed E-state index contributed by atoms with van der Waals surface area (Å²) in [6, 6.07) is 0.877. The number of hydrogen-bond acceptors (Lipinski definition) is 5. The average molecular weight is 266 g/mol. The van der Waals surface area contributed by atoms with E-state index < -0.39 is 5.97 Å². The maximum atomic E-state index is 10.7. The van der Waals surface area contributed by atoms with Gasteiger partial charge in [-0.3, -0.25) is 4.90 Å². The summed E-state index contributed by atoms with van der Waals surface area (Å²) in [5, 5.41) is 16.3. The zero-order chi connectivity index (χ0) is 13.4. The lowest BCUT2D eigenvalue weighted by molar-refractivity contribution is -0.0758. The smallest absolute Gasteiger partial charge is 0.358 e. The lowest BCUT2D eigenvalue weighted by Gasteiger charge is -2.50. The third-order valence-corrected chi connectivity index (χ3v) is 3.98. The number of aromatic nitrogens is 3. The third kappa shape index (κ3) is 2.35. The highest BCUT2D eigenvalue weighted by atomic mass is 16.5. The highest BCUT2D eigenvalue weighted by molar-refractivity contribution is 5.84. The average Bonchev–Trinajstić information content (AvgIpc) is 2.73. The monoisotopic (exact) mass is 266 g/mol. The van der Waals surface area contributed by atoms with Gasteiger partial charge in [-0.2, -0.15) is 0 Å². The van der Waals surface area contributed by atoms with Crippen molar-refractivity contribution in [3.63, 3.8) is 0 Å². The number of carboxylic acid groups (broad SMARTS) is 1. The minimum absolute atomic E-state index is 0.0125. The Bertz CT molecular complexity index is 463. The highest BCUT2D eigenvalue weighted by Crippen LogP contribution is 2.34. The largest absolute Gasteiger partial charge is 0.476 e. The minimum Gasteiger partial charge on any atom is -0.476 e. The second-order valence-electron chi connectivity index (χ2n) is 5.20. The summed E-state index contributed by atoms with van der Waals surface area (Å²) in [6.07, 6.45) is 4.16. The summed E-state index contributed by atoms with van der Waals surface area (Å²) in [7, 11) is 0. The molecule has 1 saturated carbocycles. The van der Waals surface area contributed by atoms with Crippen LogP contribution in [0.2, 0.25) is 0 Å². The molecule has 0 radical (unpaired) electrons. The number of nitrogens with zero attached hydrogens (tertiary/aromatic N) is 4. The number of hydrogen-bond donors (Lipinski definition) is 1. The fraction of sp³-hybridized carbons (Fsp3) is 0.750. The predicted molar refractivity (Wildman–Crippen MR) is 66.0 cm³/mol. The third-order valence-electron chi connectivity index (χ3n) is 3.98. The first-order valence-corrected chi connectivity index (χ1v) is 6.68. The van der Waals surface area contributed by atoms with E-state index in [0.717, 1.165) is 32.5 Å². The van der Waals surface area contributed by atoms with E-state index in [0.29, 0.717) is 12.1 Å². The summed E-state index contributed by atoms with van der Waals surface area (Å²) >= 11 is 0. The molecule has 1 aliphatic heterocycles. The fourth-order valence-corrected chi connectivity index (χ4v) is 2.71. The van der Waals surface area contributed by atoms with Gasteiger partial charge in [-0.05, 0) is 19.8 Å². The number of rotatable bonds is 5. The molecule has 1 aliphatic carbocycles. The van der Waals surface area contributed by atoms with Crippen LogP contribution in [-0.2, 0) is 4.74 Å². The molecule has 3 rings (SSSR count). The molecule has 104 valence electrons. The number of carbonyl (C=O) groups is 1. The first-order valence-electron chi connectivity index (χ1n) is 6.68. The molecule has 2 heterocycles. The van der Waals surface area contributed by atoms with E-state index in [9.17, 15) is 4.79 Å². The molecule has 7 heteroatoms. The molecule has 2 aliphatic rings. The molecular weight excluding hydrogens is 248 g/mol. The van der Waals surface area contributed by atoms with E-state index in [-0.39, 0.29) is 11.7 Å². The number of likely N-dealkylation sites (tertiary alicyclic amines) is 1. The van der Waals surface area contributed by atoms with E-state index in [1.807, 2.05) is 6.92 Å². The Labute approximate surface area is 111 Å². The quantitative estimate of drug-likeness (QED) is 0.831. The lowest BCUT2D eigenvalue weighted by Crippen LogP contribution is -2.58. The van der Waals surface area contributed by atoms with Crippen molar-refractivity contribution in [1.82, 2.24) is 19.9 Å². The van der Waals surface area contributed by atoms with Crippen LogP contribution < -0.4 is 0 Å². The van der Waals surface area contributed by atoms with Crippen LogP contribution in [0.15, 0.2) is 6.20 Å². The summed E-state index contributed by atoms with van der Waals surface area (Å²) in [5.41, 5.74) is 0.0125. The summed E-state index contributed by atoms with van der Waals surface area (Å²) in [5.74, 6) is -1.03. The second kappa shape index (κ2) is 4.90. The van der Waals surface area contributed by atoms with Gasteiger partial charge in [0.2, 0.25) is 0 Å². The summed E-state index contributed by atoms with van der Waals surface area (Å²) < 4.78 is 7.21. The van der Waals surface area contributed by atoms with Crippen molar-refractivity contribution in [1.29, 1.82) is 0 Å². The molecule has 19 heavy (non-hydrogen) atoms. The maximum absolute atomic E-state index is 10.7. The molecular formula is C12H18N4O3. The van der Waals surface area contributed by atoms with Crippen molar-refractivity contribution in [3.8, 4) is 0 Å². The van der Waals surface area contributed by atoms with Crippen molar-refractivity contribution in [2.45, 2.75) is 38.0 Å². The Balaban J connectivity index is 1.46. The zero-order valence-electron chi connectivity index (χ0n) is 10.9. The van der Waals surface area contributed by atoms with E-state index >= 15 is 0 Å². The van der Waals surface area contributed by atoms with Gasteiger partial charge in [0.05, 0.1) is 18.3 Å². The van der Waals surface area contributed by atoms with Crippen LogP contribution in [0, 0.1) is 0 Å². The van der Waals surface area contributed by atoms with Crippen LogP contribution in [0.4, 0.5) is 0 Å². The van der Waals surface area contributed by atoms with Gasteiger partial charge in [0.25, 0.3) is 0 Å². The Morgan fingerprint density at radius 1 is 1.47 bits per heavy atom. The zero-order valence-corrected chi connectivity index (χ0v) is 10.9. The van der Waals surface area contributed by atoms with Crippen molar-refractivity contribution >= 4 is 5.97 Å². The highest BCUT2D eigenvalue weighted by Gasteiger charge is 2.41. The van der Waals surface area contributed by atoms with Crippen LogP contribution in [0.5, 0.6) is 0 Å². The molecule has 1 aromatic rings. The first-order chi connectivity index (χ1) is 9.17. The second-order valence-corrected chi connectivity index (χ2v) is 5.20. The van der Waals surface area contributed by atoms with Crippen LogP contribution in [0.1, 0.15) is 36.3 Å². The standard InChI is InChI=1S/C12H18N4O3/c1-2-19-10-3-8(4-10)15-5-9(6-15)16-7-11(12(17)18)13-14-16/h7-10H,2-6H2,1H3,(H,17,18). The molecule has 0 amide bonds. The predicted octanol–water partition coefficient (Wildman–Crippen LogP) is 0.400. The molecule has 0 atom stereocenters. The molecule has 7 nitrogen and oxygen atoms in total. The van der Waals surface area contributed by atoms with Gasteiger partial charge in [-0.25, -0.2) is 9.48 Å². The fourth-order valence-electron chi connectivity index (χ4n) is 2.71. The maximum Gasteiger partial charge on any atom is 0.358 e. The Hall–Kier alpha value is -1.47. The SMILES string of the molecule is CCOC1CC(N2CC(n3cc(C(=O)O)nn3)C2)C1. The first kappa shape index (κ1) is 12.6. The molecule has 1 N–H and O–H groups in total. The van der Waals surface area contributed by atoms with Gasteiger partial charge < -0.3 is 9.84 Å². The summed E-state index contributed by atoms with van der Waals surface area (Å²) in [6.45, 7) is 4.66. The van der Waals surface area contributed by atoms with E-state index in [1.54, 1.807) is 4.68 Å². The molecule has 0 unspecified atom stereocenters. The van der Waals surface area contributed by atoms with E-state index in [4.69, 9.17) is 9.84 Å². The Morgan fingerprint density at radius 2 is 2.21 bits per heavy atom.